The SMILES string of the molecule is CN(C)CCCNC(=O)C1CCCN1. The third-order valence-corrected chi connectivity index (χ3v) is 2.46. The monoisotopic (exact) mass is 199 g/mol. The average molecular weight is 199 g/mol. The number of carbonyl (C=O) groups is 1. The van der Waals surface area contributed by atoms with Crippen LogP contribution in [-0.2, 0) is 4.79 Å². The van der Waals surface area contributed by atoms with Crippen molar-refractivity contribution in [1.82, 2.24) is 15.5 Å². The third kappa shape index (κ3) is 4.07. The Hall–Kier alpha value is -0.610. The highest BCUT2D eigenvalue weighted by Crippen LogP contribution is 2.04. The molecule has 0 spiro atoms. The van der Waals surface area contributed by atoms with Gasteiger partial charge in [-0.2, -0.15) is 0 Å². The number of carbonyl (C=O) groups excluding carboxylic acids is 1. The molecule has 1 heterocycles. The third-order valence-electron chi connectivity index (χ3n) is 2.46. The van der Waals surface area contributed by atoms with E-state index in [2.05, 4.69) is 15.5 Å². The predicted molar refractivity (Wildman–Crippen MR) is 57.2 cm³/mol. The van der Waals surface area contributed by atoms with E-state index in [4.69, 9.17) is 0 Å². The zero-order valence-corrected chi connectivity index (χ0v) is 9.18. The summed E-state index contributed by atoms with van der Waals surface area (Å²) in [5, 5.41) is 6.14. The molecule has 0 aromatic carbocycles. The molecule has 4 nitrogen and oxygen atoms in total. The van der Waals surface area contributed by atoms with Gasteiger partial charge in [0.15, 0.2) is 0 Å². The number of rotatable bonds is 5. The quantitative estimate of drug-likeness (QED) is 0.603. The van der Waals surface area contributed by atoms with Crippen molar-refractivity contribution in [2.24, 2.45) is 0 Å². The molecular formula is C10H21N3O. The minimum Gasteiger partial charge on any atom is -0.355 e. The van der Waals surface area contributed by atoms with Gasteiger partial charge in [-0.1, -0.05) is 0 Å². The Morgan fingerprint density at radius 1 is 1.57 bits per heavy atom. The molecular weight excluding hydrogens is 178 g/mol. The smallest absolute Gasteiger partial charge is 0.237 e. The summed E-state index contributed by atoms with van der Waals surface area (Å²) in [7, 11) is 4.08. The van der Waals surface area contributed by atoms with Crippen LogP contribution in [0.5, 0.6) is 0 Å². The van der Waals surface area contributed by atoms with Crippen molar-refractivity contribution in [3.63, 3.8) is 0 Å². The highest BCUT2D eigenvalue weighted by atomic mass is 16.2. The molecule has 0 aromatic heterocycles. The molecule has 0 saturated carbocycles. The molecule has 1 aliphatic rings. The number of nitrogens with one attached hydrogen (secondary N) is 2. The van der Waals surface area contributed by atoms with Crippen LogP contribution < -0.4 is 10.6 Å². The van der Waals surface area contributed by atoms with Crippen molar-refractivity contribution in [2.45, 2.75) is 25.3 Å². The first-order valence-corrected chi connectivity index (χ1v) is 5.36. The fourth-order valence-electron chi connectivity index (χ4n) is 1.64. The summed E-state index contributed by atoms with van der Waals surface area (Å²) in [6.45, 7) is 2.79. The van der Waals surface area contributed by atoms with Crippen LogP contribution in [-0.4, -0.2) is 50.6 Å². The summed E-state index contributed by atoms with van der Waals surface area (Å²) in [5.41, 5.74) is 0. The fourth-order valence-corrected chi connectivity index (χ4v) is 1.64. The number of hydrogen-bond donors (Lipinski definition) is 2. The number of amides is 1. The van der Waals surface area contributed by atoms with Crippen LogP contribution >= 0.6 is 0 Å². The maximum Gasteiger partial charge on any atom is 0.237 e. The molecule has 0 radical (unpaired) electrons. The molecule has 1 aliphatic heterocycles. The Morgan fingerprint density at radius 2 is 2.36 bits per heavy atom. The van der Waals surface area contributed by atoms with E-state index < -0.39 is 0 Å². The second-order valence-electron chi connectivity index (χ2n) is 4.10. The first kappa shape index (κ1) is 11.5. The molecule has 4 heteroatoms. The van der Waals surface area contributed by atoms with Gasteiger partial charge in [0.05, 0.1) is 6.04 Å². The molecule has 0 bridgehead atoms. The second kappa shape index (κ2) is 5.98. The van der Waals surface area contributed by atoms with Gasteiger partial charge in [0, 0.05) is 6.54 Å². The van der Waals surface area contributed by atoms with Gasteiger partial charge in [0.1, 0.15) is 0 Å². The lowest BCUT2D eigenvalue weighted by atomic mass is 10.2. The molecule has 1 fully saturated rings. The molecule has 1 atom stereocenters. The van der Waals surface area contributed by atoms with Crippen LogP contribution in [0.4, 0.5) is 0 Å². The lowest BCUT2D eigenvalue weighted by Gasteiger charge is -2.12. The number of hydrogen-bond acceptors (Lipinski definition) is 3. The topological polar surface area (TPSA) is 44.4 Å². The summed E-state index contributed by atoms with van der Waals surface area (Å²) < 4.78 is 0. The van der Waals surface area contributed by atoms with E-state index in [0.717, 1.165) is 38.9 Å². The molecule has 0 aliphatic carbocycles. The Labute approximate surface area is 86.0 Å². The van der Waals surface area contributed by atoms with Crippen molar-refractivity contribution < 1.29 is 4.79 Å². The highest BCUT2D eigenvalue weighted by molar-refractivity contribution is 5.81. The molecule has 2 N–H and O–H groups in total. The van der Waals surface area contributed by atoms with Crippen LogP contribution in [0.2, 0.25) is 0 Å². The normalized spacial score (nSPS) is 21.5. The molecule has 1 saturated heterocycles. The van der Waals surface area contributed by atoms with E-state index in [1.54, 1.807) is 0 Å². The summed E-state index contributed by atoms with van der Waals surface area (Å²) in [4.78, 5) is 13.6. The van der Waals surface area contributed by atoms with E-state index in [9.17, 15) is 4.79 Å². The van der Waals surface area contributed by atoms with Crippen LogP contribution in [0.3, 0.4) is 0 Å². The van der Waals surface area contributed by atoms with Crippen molar-refractivity contribution in [3.8, 4) is 0 Å². The molecule has 1 rings (SSSR count). The van der Waals surface area contributed by atoms with E-state index in [1.165, 1.54) is 0 Å². The Balaban J connectivity index is 2.03. The standard InChI is InChI=1S/C10H21N3O/c1-13(2)8-4-7-12-10(14)9-5-3-6-11-9/h9,11H,3-8H2,1-2H3,(H,12,14). The van der Waals surface area contributed by atoms with E-state index >= 15 is 0 Å². The van der Waals surface area contributed by atoms with Crippen molar-refractivity contribution in [1.29, 1.82) is 0 Å². The van der Waals surface area contributed by atoms with Gasteiger partial charge < -0.3 is 15.5 Å². The second-order valence-corrected chi connectivity index (χ2v) is 4.10. The van der Waals surface area contributed by atoms with Gasteiger partial charge in [-0.3, -0.25) is 4.79 Å². The minimum atomic E-state index is 0.0642. The maximum atomic E-state index is 11.5. The van der Waals surface area contributed by atoms with Crippen molar-refractivity contribution in [3.05, 3.63) is 0 Å². The van der Waals surface area contributed by atoms with Crippen LogP contribution in [0.15, 0.2) is 0 Å². The maximum absolute atomic E-state index is 11.5. The van der Waals surface area contributed by atoms with E-state index in [1.807, 2.05) is 14.1 Å². The van der Waals surface area contributed by atoms with Gasteiger partial charge in [-0.05, 0) is 46.4 Å². The summed E-state index contributed by atoms with van der Waals surface area (Å²) in [6, 6.07) is 0.0642. The number of nitrogens with zero attached hydrogens (tertiary/aromatic N) is 1. The summed E-state index contributed by atoms with van der Waals surface area (Å²) in [6.07, 6.45) is 3.13. The fraction of sp³-hybridized carbons (Fsp3) is 0.900. The van der Waals surface area contributed by atoms with Gasteiger partial charge in [0.25, 0.3) is 0 Å². The Kier molecular flexibility index (Phi) is 4.90. The lowest BCUT2D eigenvalue weighted by Crippen LogP contribution is -2.41. The van der Waals surface area contributed by atoms with E-state index in [-0.39, 0.29) is 11.9 Å². The zero-order chi connectivity index (χ0) is 10.4. The Morgan fingerprint density at radius 3 is 2.93 bits per heavy atom. The average Bonchev–Trinajstić information content (AvgIpc) is 2.64. The first-order valence-electron chi connectivity index (χ1n) is 5.36. The molecule has 0 aromatic rings. The highest BCUT2D eigenvalue weighted by Gasteiger charge is 2.20. The largest absolute Gasteiger partial charge is 0.355 e. The minimum absolute atomic E-state index is 0.0642. The van der Waals surface area contributed by atoms with Crippen LogP contribution in [0.1, 0.15) is 19.3 Å². The van der Waals surface area contributed by atoms with Gasteiger partial charge in [0.2, 0.25) is 5.91 Å². The van der Waals surface area contributed by atoms with Gasteiger partial charge in [-0.25, -0.2) is 0 Å². The van der Waals surface area contributed by atoms with Crippen molar-refractivity contribution in [2.75, 3.05) is 33.7 Å². The molecule has 1 unspecified atom stereocenters. The molecule has 1 amide bonds. The molecule has 82 valence electrons. The van der Waals surface area contributed by atoms with Crippen LogP contribution in [0, 0.1) is 0 Å². The van der Waals surface area contributed by atoms with Crippen LogP contribution in [0.25, 0.3) is 0 Å². The Bertz CT molecular complexity index is 176. The van der Waals surface area contributed by atoms with Crippen molar-refractivity contribution >= 4 is 5.91 Å². The first-order chi connectivity index (χ1) is 6.70. The summed E-state index contributed by atoms with van der Waals surface area (Å²) in [5.74, 6) is 0.168. The predicted octanol–water partition coefficient (Wildman–Crippen LogP) is -0.194. The van der Waals surface area contributed by atoms with Gasteiger partial charge in [-0.15, -0.1) is 0 Å². The van der Waals surface area contributed by atoms with Gasteiger partial charge >= 0.3 is 0 Å². The summed E-state index contributed by atoms with van der Waals surface area (Å²) >= 11 is 0. The molecule has 14 heavy (non-hydrogen) atoms. The lowest BCUT2D eigenvalue weighted by molar-refractivity contribution is -0.122. The zero-order valence-electron chi connectivity index (χ0n) is 9.18. The van der Waals surface area contributed by atoms with E-state index in [0.29, 0.717) is 0 Å².